The zero-order chi connectivity index (χ0) is 27.5. The normalized spacial score (nSPS) is 13.7. The van der Waals surface area contributed by atoms with E-state index in [9.17, 15) is 4.79 Å². The number of hydrogen-bond donors (Lipinski definition) is 2. The summed E-state index contributed by atoms with van der Waals surface area (Å²) in [6, 6.07) is 9.91. The summed E-state index contributed by atoms with van der Waals surface area (Å²) in [6.45, 7) is 12.3. The Morgan fingerprint density at radius 3 is 2.74 bits per heavy atom. The molecule has 0 unspecified atom stereocenters. The predicted molar refractivity (Wildman–Crippen MR) is 156 cm³/mol. The number of carbonyl (C=O) groups excluding carboxylic acids is 1. The van der Waals surface area contributed by atoms with E-state index in [1.807, 2.05) is 60.9 Å². The van der Waals surface area contributed by atoms with E-state index in [0.717, 1.165) is 79.7 Å². The third-order valence-electron chi connectivity index (χ3n) is 6.37. The van der Waals surface area contributed by atoms with Crippen LogP contribution in [0.2, 0.25) is 0 Å². The van der Waals surface area contributed by atoms with Gasteiger partial charge in [-0.15, -0.1) is 21.5 Å². The maximum Gasteiger partial charge on any atom is 0.225 e. The lowest BCUT2D eigenvalue weighted by molar-refractivity contribution is -0.120. The van der Waals surface area contributed by atoms with E-state index in [1.54, 1.807) is 11.3 Å². The molecule has 4 heterocycles. The van der Waals surface area contributed by atoms with Gasteiger partial charge in [-0.05, 0) is 43.3 Å². The Kier molecular flexibility index (Phi) is 10.9. The minimum absolute atomic E-state index is 0.0650. The summed E-state index contributed by atoms with van der Waals surface area (Å²) in [6.07, 6.45) is 2.21. The van der Waals surface area contributed by atoms with E-state index >= 15 is 0 Å². The number of thiophene rings is 1. The summed E-state index contributed by atoms with van der Waals surface area (Å²) in [4.78, 5) is 20.3. The number of aromatic nitrogens is 4. The molecule has 4 aromatic rings. The van der Waals surface area contributed by atoms with E-state index in [0.29, 0.717) is 31.0 Å². The molecule has 0 aliphatic carbocycles. The predicted octanol–water partition coefficient (Wildman–Crippen LogP) is 3.94. The van der Waals surface area contributed by atoms with E-state index in [4.69, 9.17) is 14.5 Å². The largest absolute Gasteiger partial charge is 0.492 e. The number of morpholine rings is 1. The van der Waals surface area contributed by atoms with Crippen molar-refractivity contribution in [2.45, 2.75) is 40.0 Å². The topological polar surface area (TPSA) is 106 Å². The second kappa shape index (κ2) is 14.8. The first kappa shape index (κ1) is 28.7. The van der Waals surface area contributed by atoms with Crippen molar-refractivity contribution in [1.29, 1.82) is 0 Å². The number of nitrogens with zero attached hydrogens (tertiary/aromatic N) is 5. The molecule has 11 heteroatoms. The molecule has 39 heavy (non-hydrogen) atoms. The Morgan fingerprint density at radius 1 is 1.13 bits per heavy atom. The molecule has 0 bridgehead atoms. The minimum Gasteiger partial charge on any atom is -0.492 e. The number of rotatable bonds is 12. The summed E-state index contributed by atoms with van der Waals surface area (Å²) >= 11 is 1.61. The van der Waals surface area contributed by atoms with Crippen molar-refractivity contribution in [2.75, 3.05) is 57.9 Å². The number of amides is 1. The van der Waals surface area contributed by atoms with Crippen LogP contribution in [-0.2, 0) is 16.0 Å². The van der Waals surface area contributed by atoms with Gasteiger partial charge in [0.05, 0.1) is 30.7 Å². The number of hydrogen-bond acceptors (Lipinski definition) is 9. The number of nitrogens with one attached hydrogen (secondary N) is 2. The molecule has 1 aliphatic heterocycles. The monoisotopic (exact) mass is 553 g/mol. The van der Waals surface area contributed by atoms with Gasteiger partial charge in [-0.3, -0.25) is 14.1 Å². The third kappa shape index (κ3) is 7.87. The third-order valence-corrected chi connectivity index (χ3v) is 7.25. The molecule has 0 spiro atoms. The molecule has 5 rings (SSSR count). The zero-order valence-corrected chi connectivity index (χ0v) is 23.9. The van der Waals surface area contributed by atoms with Gasteiger partial charge in [0.1, 0.15) is 18.2 Å². The molecular formula is C28H39N7O3S. The Hall–Kier alpha value is -3.28. The first-order valence-electron chi connectivity index (χ1n) is 13.8. The van der Waals surface area contributed by atoms with Crippen LogP contribution in [0.1, 0.15) is 37.4 Å². The average Bonchev–Trinajstić information content (AvgIpc) is 3.62. The fraction of sp³-hybridized carbons (Fsp3) is 0.500. The van der Waals surface area contributed by atoms with E-state index in [1.165, 1.54) is 0 Å². The van der Waals surface area contributed by atoms with Crippen LogP contribution < -0.4 is 15.4 Å². The summed E-state index contributed by atoms with van der Waals surface area (Å²) in [7, 11) is 0. The average molecular weight is 554 g/mol. The second-order valence-corrected chi connectivity index (χ2v) is 10.1. The van der Waals surface area contributed by atoms with E-state index < -0.39 is 0 Å². The smallest absolute Gasteiger partial charge is 0.225 e. The second-order valence-electron chi connectivity index (χ2n) is 9.06. The molecule has 2 N–H and O–H groups in total. The SMILES string of the molecule is CC.Cc1nnc2c(NCCCCNC(=O)Cc3cccs3)nc3cc(OCCN4CCOCC4)ccc3n12. The Bertz CT molecular complexity index is 1320. The number of carbonyl (C=O) groups is 1. The lowest BCUT2D eigenvalue weighted by atomic mass is 10.2. The molecule has 1 fully saturated rings. The highest BCUT2D eigenvalue weighted by atomic mass is 32.1. The van der Waals surface area contributed by atoms with Gasteiger partial charge in [-0.25, -0.2) is 4.98 Å². The molecule has 10 nitrogen and oxygen atoms in total. The molecule has 1 aliphatic rings. The van der Waals surface area contributed by atoms with Gasteiger partial charge in [0.2, 0.25) is 11.6 Å². The first-order valence-corrected chi connectivity index (χ1v) is 14.7. The number of ether oxygens (including phenoxy) is 2. The number of anilines is 1. The van der Waals surface area contributed by atoms with E-state index in [-0.39, 0.29) is 5.91 Å². The maximum absolute atomic E-state index is 12.0. The molecule has 1 aromatic carbocycles. The lowest BCUT2D eigenvalue weighted by Gasteiger charge is -2.26. The fourth-order valence-electron chi connectivity index (χ4n) is 4.40. The Balaban J connectivity index is 0.00000172. The highest BCUT2D eigenvalue weighted by molar-refractivity contribution is 7.10. The number of benzene rings is 1. The van der Waals surface area contributed by atoms with Crippen molar-refractivity contribution in [3.05, 3.63) is 46.4 Å². The van der Waals surface area contributed by atoms with Gasteiger partial charge in [-0.1, -0.05) is 19.9 Å². The van der Waals surface area contributed by atoms with Crippen molar-refractivity contribution in [1.82, 2.24) is 29.8 Å². The fourth-order valence-corrected chi connectivity index (χ4v) is 5.10. The summed E-state index contributed by atoms with van der Waals surface area (Å²) in [5, 5.41) is 17.0. The highest BCUT2D eigenvalue weighted by Crippen LogP contribution is 2.25. The summed E-state index contributed by atoms with van der Waals surface area (Å²) in [5.41, 5.74) is 2.47. The van der Waals surface area contributed by atoms with Crippen LogP contribution in [-0.4, -0.2) is 82.9 Å². The molecule has 1 saturated heterocycles. The van der Waals surface area contributed by atoms with Crippen LogP contribution in [0.5, 0.6) is 5.75 Å². The van der Waals surface area contributed by atoms with Gasteiger partial charge >= 0.3 is 0 Å². The highest BCUT2D eigenvalue weighted by Gasteiger charge is 2.14. The van der Waals surface area contributed by atoms with Gasteiger partial charge in [0.15, 0.2) is 5.82 Å². The van der Waals surface area contributed by atoms with Crippen molar-refractivity contribution >= 4 is 39.7 Å². The first-order chi connectivity index (χ1) is 19.2. The Morgan fingerprint density at radius 2 is 1.95 bits per heavy atom. The van der Waals surface area contributed by atoms with Crippen molar-refractivity contribution in [2.24, 2.45) is 0 Å². The van der Waals surface area contributed by atoms with Crippen LogP contribution in [0.3, 0.4) is 0 Å². The van der Waals surface area contributed by atoms with Crippen molar-refractivity contribution < 1.29 is 14.3 Å². The maximum atomic E-state index is 12.0. The molecule has 3 aromatic heterocycles. The molecular weight excluding hydrogens is 514 g/mol. The molecule has 1 amide bonds. The molecule has 0 saturated carbocycles. The van der Waals surface area contributed by atoms with Crippen LogP contribution in [0.15, 0.2) is 35.7 Å². The quantitative estimate of drug-likeness (QED) is 0.254. The van der Waals surface area contributed by atoms with Gasteiger partial charge in [0, 0.05) is 43.7 Å². The lowest BCUT2D eigenvalue weighted by Crippen LogP contribution is -2.38. The Labute approximate surface area is 233 Å². The zero-order valence-electron chi connectivity index (χ0n) is 23.1. The van der Waals surface area contributed by atoms with E-state index in [2.05, 4.69) is 25.7 Å². The number of fused-ring (bicyclic) bond motifs is 3. The summed E-state index contributed by atoms with van der Waals surface area (Å²) < 4.78 is 13.5. The molecule has 210 valence electrons. The minimum atomic E-state index is 0.0650. The summed E-state index contributed by atoms with van der Waals surface area (Å²) in [5.74, 6) is 2.36. The van der Waals surface area contributed by atoms with Crippen LogP contribution in [0.4, 0.5) is 5.82 Å². The number of aryl methyl sites for hydroxylation is 1. The molecule has 0 atom stereocenters. The van der Waals surface area contributed by atoms with Crippen molar-refractivity contribution in [3.8, 4) is 5.75 Å². The number of unbranched alkanes of at least 4 members (excludes halogenated alkanes) is 1. The van der Waals surface area contributed by atoms with Gasteiger partial charge in [-0.2, -0.15) is 0 Å². The van der Waals surface area contributed by atoms with Crippen LogP contribution in [0.25, 0.3) is 16.7 Å². The molecule has 0 radical (unpaired) electrons. The van der Waals surface area contributed by atoms with Crippen LogP contribution >= 0.6 is 11.3 Å². The van der Waals surface area contributed by atoms with Crippen LogP contribution in [0, 0.1) is 6.92 Å². The van der Waals surface area contributed by atoms with Gasteiger partial charge in [0.25, 0.3) is 0 Å². The van der Waals surface area contributed by atoms with Crippen molar-refractivity contribution in [3.63, 3.8) is 0 Å². The standard InChI is InChI=1S/C26H33N7O3S.C2H6/c1-19-30-31-26-25(28-9-3-2-8-27-24(34)18-21-5-4-16-37-21)29-22-17-20(6-7-23(22)33(19)26)36-15-12-32-10-13-35-14-11-32;1-2/h4-7,16-17H,2-3,8-15,18H2,1H3,(H,27,34)(H,28,29);1-2H3. The van der Waals surface area contributed by atoms with Gasteiger partial charge < -0.3 is 20.1 Å².